The molecule has 0 saturated carbocycles. The molecule has 3 N–H and O–H groups in total. The van der Waals surface area contributed by atoms with Gasteiger partial charge >= 0.3 is 5.97 Å². The van der Waals surface area contributed by atoms with Crippen molar-refractivity contribution in [1.82, 2.24) is 15.5 Å². The first-order valence-corrected chi connectivity index (χ1v) is 10.8. The van der Waals surface area contributed by atoms with Crippen molar-refractivity contribution >= 4 is 35.3 Å². The number of hydrogen-bond donors (Lipinski definition) is 3. The number of carbonyl (C=O) groups is 5. The molecule has 0 fully saturated rings. The number of esters is 1. The molecule has 0 saturated heterocycles. The minimum atomic E-state index is -0.876. The van der Waals surface area contributed by atoms with Crippen LogP contribution in [0.15, 0.2) is 36.4 Å². The van der Waals surface area contributed by atoms with Crippen molar-refractivity contribution in [3.8, 4) is 0 Å². The molecular weight excluding hydrogens is 444 g/mol. The van der Waals surface area contributed by atoms with Gasteiger partial charge in [-0.05, 0) is 31.5 Å². The molecule has 2 atom stereocenters. The Balaban J connectivity index is 1.75. The average Bonchev–Trinajstić information content (AvgIpc) is 3.00. The van der Waals surface area contributed by atoms with E-state index < -0.39 is 29.8 Å². The number of carbonyl (C=O) groups excluding carboxylic acids is 5. The third-order valence-electron chi connectivity index (χ3n) is 4.83. The van der Waals surface area contributed by atoms with Gasteiger partial charge in [0.1, 0.15) is 25.4 Å². The maximum Gasteiger partial charge on any atom is 0.302 e. The van der Waals surface area contributed by atoms with Gasteiger partial charge < -0.3 is 30.3 Å². The molecule has 0 aromatic heterocycles. The molecule has 0 aliphatic carbocycles. The number of hydrogen-bond acceptors (Lipinski definition) is 7. The van der Waals surface area contributed by atoms with Crippen molar-refractivity contribution in [3.63, 3.8) is 0 Å². The summed E-state index contributed by atoms with van der Waals surface area (Å²) in [6, 6.07) is 5.00. The van der Waals surface area contributed by atoms with Gasteiger partial charge in [0.05, 0.1) is 6.61 Å². The molecule has 1 aromatic carbocycles. The van der Waals surface area contributed by atoms with E-state index in [1.54, 1.807) is 30.3 Å². The Hall–Kier alpha value is -3.73. The third-order valence-corrected chi connectivity index (χ3v) is 4.83. The smallest absolute Gasteiger partial charge is 0.302 e. The summed E-state index contributed by atoms with van der Waals surface area (Å²) >= 11 is 0. The summed E-state index contributed by atoms with van der Waals surface area (Å²) in [5.74, 6) is -1.99. The first-order valence-electron chi connectivity index (χ1n) is 10.8. The highest BCUT2D eigenvalue weighted by Gasteiger charge is 2.22. The summed E-state index contributed by atoms with van der Waals surface area (Å²) in [4.78, 5) is 61.0. The molecule has 34 heavy (non-hydrogen) atoms. The van der Waals surface area contributed by atoms with Crippen molar-refractivity contribution in [1.29, 1.82) is 0 Å². The predicted molar refractivity (Wildman–Crippen MR) is 122 cm³/mol. The van der Waals surface area contributed by atoms with Gasteiger partial charge in [-0.1, -0.05) is 18.2 Å². The summed E-state index contributed by atoms with van der Waals surface area (Å²) in [6.07, 6.45) is 3.00. The first-order chi connectivity index (χ1) is 16.2. The lowest BCUT2D eigenvalue weighted by Gasteiger charge is -2.21. The van der Waals surface area contributed by atoms with Crippen LogP contribution in [0.4, 0.5) is 5.69 Å². The third kappa shape index (κ3) is 9.02. The van der Waals surface area contributed by atoms with Crippen LogP contribution in [0.2, 0.25) is 0 Å². The van der Waals surface area contributed by atoms with Crippen molar-refractivity contribution in [2.75, 3.05) is 25.2 Å². The molecule has 1 aromatic rings. The quantitative estimate of drug-likeness (QED) is 0.418. The normalized spacial score (nSPS) is 15.0. The van der Waals surface area contributed by atoms with E-state index in [4.69, 9.17) is 9.47 Å². The molecule has 1 aliphatic rings. The first kappa shape index (κ1) is 26.5. The zero-order valence-electron chi connectivity index (χ0n) is 19.5. The lowest BCUT2D eigenvalue weighted by atomic mass is 10.2. The topological polar surface area (TPSA) is 143 Å². The molecule has 184 valence electrons. The Kier molecular flexibility index (Phi) is 10.2. The second-order valence-corrected chi connectivity index (χ2v) is 7.74. The van der Waals surface area contributed by atoms with Gasteiger partial charge in [-0.15, -0.1) is 0 Å². The molecule has 4 amide bonds. The maximum absolute atomic E-state index is 12.4. The molecule has 11 nitrogen and oxygen atoms in total. The average molecular weight is 475 g/mol. The van der Waals surface area contributed by atoms with Gasteiger partial charge in [0.15, 0.2) is 0 Å². The molecule has 1 heterocycles. The summed E-state index contributed by atoms with van der Waals surface area (Å²) in [7, 11) is 0. The number of nitrogens with zero attached hydrogens (tertiary/aromatic N) is 1. The van der Waals surface area contributed by atoms with Crippen molar-refractivity contribution in [2.24, 2.45) is 0 Å². The zero-order valence-corrected chi connectivity index (χ0v) is 19.5. The Morgan fingerprint density at radius 3 is 2.41 bits per heavy atom. The van der Waals surface area contributed by atoms with E-state index >= 15 is 0 Å². The highest BCUT2D eigenvalue weighted by Crippen LogP contribution is 2.11. The van der Waals surface area contributed by atoms with E-state index in [0.29, 0.717) is 12.3 Å². The van der Waals surface area contributed by atoms with E-state index in [2.05, 4.69) is 16.0 Å². The van der Waals surface area contributed by atoms with Crippen LogP contribution in [0.5, 0.6) is 0 Å². The number of nitrogens with one attached hydrogen (secondary N) is 3. The van der Waals surface area contributed by atoms with Gasteiger partial charge in [-0.25, -0.2) is 0 Å². The Bertz CT molecular complexity index is 930. The fourth-order valence-corrected chi connectivity index (χ4v) is 2.86. The lowest BCUT2D eigenvalue weighted by molar-refractivity contribution is -0.142. The van der Waals surface area contributed by atoms with Crippen molar-refractivity contribution in [2.45, 2.75) is 45.9 Å². The summed E-state index contributed by atoms with van der Waals surface area (Å²) in [5.41, 5.74) is 1.28. The molecule has 0 bridgehead atoms. The Morgan fingerprint density at radius 1 is 1.06 bits per heavy atom. The van der Waals surface area contributed by atoms with Crippen LogP contribution in [-0.2, 0) is 40.1 Å². The van der Waals surface area contributed by atoms with Crippen LogP contribution < -0.4 is 16.0 Å². The van der Waals surface area contributed by atoms with Crippen molar-refractivity contribution < 1.29 is 33.4 Å². The highest BCUT2D eigenvalue weighted by atomic mass is 16.5. The van der Waals surface area contributed by atoms with Crippen LogP contribution in [0.3, 0.4) is 0 Å². The van der Waals surface area contributed by atoms with Crippen molar-refractivity contribution in [3.05, 3.63) is 42.0 Å². The van der Waals surface area contributed by atoms with Gasteiger partial charge in [0.25, 0.3) is 0 Å². The minimum Gasteiger partial charge on any atom is -0.461 e. The monoisotopic (exact) mass is 474 g/mol. The van der Waals surface area contributed by atoms with E-state index in [1.807, 2.05) is 0 Å². The fraction of sp³-hybridized carbons (Fsp3) is 0.435. The number of rotatable bonds is 10. The number of ether oxygens (including phenoxy) is 2. The Morgan fingerprint density at radius 2 is 1.74 bits per heavy atom. The summed E-state index contributed by atoms with van der Waals surface area (Å²) in [5, 5.41) is 7.79. The molecule has 0 radical (unpaired) electrons. The summed E-state index contributed by atoms with van der Waals surface area (Å²) in [6.45, 7) is 5.07. The van der Waals surface area contributed by atoms with Gasteiger partial charge in [-0.3, -0.25) is 24.0 Å². The number of benzene rings is 1. The Labute approximate surface area is 197 Å². The maximum atomic E-state index is 12.4. The van der Waals surface area contributed by atoms with Crippen LogP contribution in [0.1, 0.15) is 32.8 Å². The molecule has 2 rings (SSSR count). The second kappa shape index (κ2) is 13.1. The summed E-state index contributed by atoms with van der Waals surface area (Å²) < 4.78 is 10.1. The lowest BCUT2D eigenvalue weighted by Crippen LogP contribution is -2.50. The van der Waals surface area contributed by atoms with E-state index in [9.17, 15) is 24.0 Å². The standard InChI is InChI=1S/C23H30N4O7/c1-15(24-20(29)10-11-27-14-33-12-4-5-21(27)30)22(31)25-16(2)23(32)26-19-8-6-18(7-9-19)13-34-17(3)28/h4-9,15-16H,10-14H2,1-3H3,(H,24,29)(H,25,31)(H,26,32)/t15-,16-/m0/s1. The molecule has 1 aliphatic heterocycles. The molecule has 0 unspecified atom stereocenters. The minimum absolute atomic E-state index is 0.00402. The van der Waals surface area contributed by atoms with Crippen LogP contribution in [-0.4, -0.2) is 66.5 Å². The van der Waals surface area contributed by atoms with Gasteiger partial charge in [0.2, 0.25) is 23.6 Å². The fourth-order valence-electron chi connectivity index (χ4n) is 2.86. The van der Waals surface area contributed by atoms with Crippen LogP contribution >= 0.6 is 0 Å². The molecule has 11 heteroatoms. The van der Waals surface area contributed by atoms with E-state index in [-0.39, 0.29) is 38.2 Å². The van der Waals surface area contributed by atoms with Crippen LogP contribution in [0.25, 0.3) is 0 Å². The number of amides is 4. The molecule has 0 spiro atoms. The SMILES string of the molecule is CC(=O)OCc1ccc(NC(=O)[C@H](C)NC(=O)[C@H](C)NC(=O)CCN2COCC=CC2=O)cc1. The highest BCUT2D eigenvalue weighted by molar-refractivity contribution is 5.98. The zero-order chi connectivity index (χ0) is 25.1. The van der Waals surface area contributed by atoms with Crippen LogP contribution in [0, 0.1) is 0 Å². The number of anilines is 1. The molecular formula is C23H30N4O7. The second-order valence-electron chi connectivity index (χ2n) is 7.74. The largest absolute Gasteiger partial charge is 0.461 e. The predicted octanol–water partition coefficient (Wildman–Crippen LogP) is 0.460. The van der Waals surface area contributed by atoms with E-state index in [1.165, 1.54) is 31.7 Å². The van der Waals surface area contributed by atoms with E-state index in [0.717, 1.165) is 5.56 Å². The van der Waals surface area contributed by atoms with Gasteiger partial charge in [-0.2, -0.15) is 0 Å². The van der Waals surface area contributed by atoms with Gasteiger partial charge in [0, 0.05) is 31.7 Å².